The number of rotatable bonds is 6. The van der Waals surface area contributed by atoms with Gasteiger partial charge in [-0.3, -0.25) is 4.90 Å². The van der Waals surface area contributed by atoms with E-state index in [1.807, 2.05) is 0 Å². The minimum absolute atomic E-state index is 0.334. The zero-order valence-corrected chi connectivity index (χ0v) is 14.7. The molecule has 23 heavy (non-hydrogen) atoms. The first-order valence-electron chi connectivity index (χ1n) is 9.32. The Balaban J connectivity index is 1.62. The van der Waals surface area contributed by atoms with Gasteiger partial charge in [0.05, 0.1) is 7.11 Å². The van der Waals surface area contributed by atoms with E-state index in [9.17, 15) is 0 Å². The van der Waals surface area contributed by atoms with Gasteiger partial charge in [-0.2, -0.15) is 0 Å². The van der Waals surface area contributed by atoms with E-state index in [0.29, 0.717) is 12.0 Å². The van der Waals surface area contributed by atoms with Crippen molar-refractivity contribution in [2.75, 3.05) is 20.2 Å². The van der Waals surface area contributed by atoms with Crippen LogP contribution in [0.15, 0.2) is 24.3 Å². The summed E-state index contributed by atoms with van der Waals surface area (Å²) in [6.45, 7) is 4.66. The number of benzene rings is 1. The van der Waals surface area contributed by atoms with Gasteiger partial charge in [0.25, 0.3) is 0 Å². The van der Waals surface area contributed by atoms with Crippen molar-refractivity contribution < 1.29 is 4.74 Å². The smallest absolute Gasteiger partial charge is 0.118 e. The summed E-state index contributed by atoms with van der Waals surface area (Å²) in [5.41, 5.74) is 7.81. The molecule has 3 nitrogen and oxygen atoms in total. The number of hydrogen-bond donors (Lipinski definition) is 1. The topological polar surface area (TPSA) is 38.5 Å². The van der Waals surface area contributed by atoms with E-state index < -0.39 is 0 Å². The van der Waals surface area contributed by atoms with Gasteiger partial charge in [0.2, 0.25) is 0 Å². The number of nitrogens with zero attached hydrogens (tertiary/aromatic N) is 1. The molecule has 0 radical (unpaired) electrons. The molecule has 1 saturated heterocycles. The third-order valence-corrected chi connectivity index (χ3v) is 5.86. The highest BCUT2D eigenvalue weighted by Crippen LogP contribution is 2.35. The summed E-state index contributed by atoms with van der Waals surface area (Å²) in [6, 6.07) is 9.63. The Morgan fingerprint density at radius 2 is 1.96 bits per heavy atom. The van der Waals surface area contributed by atoms with E-state index in [2.05, 4.69) is 36.1 Å². The third kappa shape index (κ3) is 4.07. The molecule has 1 aliphatic carbocycles. The second-order valence-electron chi connectivity index (χ2n) is 7.53. The molecule has 3 atom stereocenters. The molecule has 3 heteroatoms. The molecule has 0 bridgehead atoms. The predicted octanol–water partition coefficient (Wildman–Crippen LogP) is 3.47. The molecule has 3 rings (SSSR count). The van der Waals surface area contributed by atoms with Gasteiger partial charge < -0.3 is 10.5 Å². The lowest BCUT2D eigenvalue weighted by molar-refractivity contribution is 0.0466. The molecule has 0 spiro atoms. The molecule has 3 unspecified atom stereocenters. The van der Waals surface area contributed by atoms with Gasteiger partial charge >= 0.3 is 0 Å². The maximum atomic E-state index is 6.41. The Morgan fingerprint density at radius 1 is 1.22 bits per heavy atom. The minimum atomic E-state index is 0.334. The number of nitrogens with two attached hydrogens (primary N) is 1. The van der Waals surface area contributed by atoms with Gasteiger partial charge in [-0.05, 0) is 61.6 Å². The molecule has 0 amide bonds. The molecule has 2 aliphatic rings. The van der Waals surface area contributed by atoms with Gasteiger partial charge in [0.15, 0.2) is 0 Å². The quantitative estimate of drug-likeness (QED) is 0.873. The summed E-state index contributed by atoms with van der Waals surface area (Å²) < 4.78 is 5.26. The molecular weight excluding hydrogens is 284 g/mol. The number of hydrogen-bond acceptors (Lipinski definition) is 3. The molecule has 2 N–H and O–H groups in total. The fourth-order valence-electron chi connectivity index (χ4n) is 4.51. The predicted molar refractivity (Wildman–Crippen MR) is 95.8 cm³/mol. The van der Waals surface area contributed by atoms with Gasteiger partial charge in [-0.1, -0.05) is 25.5 Å². The highest BCUT2D eigenvalue weighted by molar-refractivity contribution is 5.27. The molecule has 128 valence electrons. The van der Waals surface area contributed by atoms with E-state index in [1.54, 1.807) is 7.11 Å². The average molecular weight is 316 g/mol. The highest BCUT2D eigenvalue weighted by atomic mass is 16.5. The fourth-order valence-corrected chi connectivity index (χ4v) is 4.51. The maximum Gasteiger partial charge on any atom is 0.118 e. The van der Waals surface area contributed by atoms with Crippen molar-refractivity contribution >= 4 is 0 Å². The Morgan fingerprint density at radius 3 is 2.52 bits per heavy atom. The van der Waals surface area contributed by atoms with Crippen LogP contribution < -0.4 is 10.5 Å². The first-order chi connectivity index (χ1) is 11.2. The van der Waals surface area contributed by atoms with E-state index in [-0.39, 0.29) is 0 Å². The van der Waals surface area contributed by atoms with Crippen LogP contribution in [0, 0.1) is 11.8 Å². The second-order valence-corrected chi connectivity index (χ2v) is 7.53. The van der Waals surface area contributed by atoms with Crippen molar-refractivity contribution in [3.63, 3.8) is 0 Å². The number of likely N-dealkylation sites (tertiary alicyclic amines) is 1. The summed E-state index contributed by atoms with van der Waals surface area (Å²) in [4.78, 5) is 2.71. The normalized spacial score (nSPS) is 27.4. The number of methoxy groups -OCH3 is 1. The zero-order chi connectivity index (χ0) is 16.2. The first-order valence-corrected chi connectivity index (χ1v) is 9.32. The summed E-state index contributed by atoms with van der Waals surface area (Å²) in [7, 11) is 1.72. The Hall–Kier alpha value is -1.06. The van der Waals surface area contributed by atoms with Crippen LogP contribution in [-0.4, -0.2) is 37.2 Å². The Kier molecular flexibility index (Phi) is 5.60. The van der Waals surface area contributed by atoms with E-state index in [4.69, 9.17) is 10.5 Å². The zero-order valence-electron chi connectivity index (χ0n) is 14.7. The third-order valence-electron chi connectivity index (χ3n) is 5.86. The Labute approximate surface area is 141 Å². The monoisotopic (exact) mass is 316 g/mol. The first kappa shape index (κ1) is 16.8. The summed E-state index contributed by atoms with van der Waals surface area (Å²) in [6.07, 6.45) is 7.84. The number of piperidine rings is 1. The van der Waals surface area contributed by atoms with Crippen molar-refractivity contribution in [3.05, 3.63) is 29.8 Å². The van der Waals surface area contributed by atoms with Gasteiger partial charge in [-0.25, -0.2) is 0 Å². The summed E-state index contributed by atoms with van der Waals surface area (Å²) >= 11 is 0. The van der Waals surface area contributed by atoms with Gasteiger partial charge in [-0.15, -0.1) is 0 Å². The minimum Gasteiger partial charge on any atom is -0.497 e. The van der Waals surface area contributed by atoms with Crippen molar-refractivity contribution in [3.8, 4) is 5.75 Å². The molecule has 0 aromatic heterocycles. The molecule has 1 heterocycles. The van der Waals surface area contributed by atoms with Crippen LogP contribution in [-0.2, 0) is 6.42 Å². The molecular formula is C20H32N2O. The maximum absolute atomic E-state index is 6.41. The summed E-state index contributed by atoms with van der Waals surface area (Å²) in [5, 5.41) is 0. The average Bonchev–Trinajstić information content (AvgIpc) is 2.50. The lowest BCUT2D eigenvalue weighted by Crippen LogP contribution is -2.54. The molecule has 1 aromatic carbocycles. The van der Waals surface area contributed by atoms with E-state index in [1.165, 1.54) is 37.8 Å². The van der Waals surface area contributed by atoms with Crippen LogP contribution in [0.25, 0.3) is 0 Å². The standard InChI is InChI=1S/C20H32N2O/c1-3-20(17-5-4-6-17)22-13-16(12-18(21)14-22)11-15-7-9-19(23-2)10-8-15/h7-10,16-18,20H,3-6,11-14,21H2,1-2H3. The SMILES string of the molecule is CCC(C1CCC1)N1CC(N)CC(Cc2ccc(OC)cc2)C1. The lowest BCUT2D eigenvalue weighted by Gasteiger charge is -2.46. The van der Waals surface area contributed by atoms with Crippen molar-refractivity contribution in [1.82, 2.24) is 4.90 Å². The number of ether oxygens (including phenoxy) is 1. The van der Waals surface area contributed by atoms with E-state index in [0.717, 1.165) is 37.1 Å². The lowest BCUT2D eigenvalue weighted by atomic mass is 9.76. The molecule has 1 saturated carbocycles. The van der Waals surface area contributed by atoms with E-state index >= 15 is 0 Å². The highest BCUT2D eigenvalue weighted by Gasteiger charge is 2.35. The van der Waals surface area contributed by atoms with Crippen LogP contribution in [0.1, 0.15) is 44.6 Å². The van der Waals surface area contributed by atoms with Gasteiger partial charge in [0, 0.05) is 25.2 Å². The Bertz CT molecular complexity index is 483. The van der Waals surface area contributed by atoms with Crippen LogP contribution in [0.2, 0.25) is 0 Å². The molecule has 2 fully saturated rings. The van der Waals surface area contributed by atoms with Crippen LogP contribution >= 0.6 is 0 Å². The van der Waals surface area contributed by atoms with Crippen LogP contribution in [0.3, 0.4) is 0 Å². The van der Waals surface area contributed by atoms with Crippen LogP contribution in [0.4, 0.5) is 0 Å². The van der Waals surface area contributed by atoms with Crippen molar-refractivity contribution in [2.45, 2.75) is 57.5 Å². The largest absolute Gasteiger partial charge is 0.497 e. The molecule has 1 aromatic rings. The summed E-state index contributed by atoms with van der Waals surface area (Å²) in [5.74, 6) is 2.54. The van der Waals surface area contributed by atoms with Crippen LogP contribution in [0.5, 0.6) is 5.75 Å². The van der Waals surface area contributed by atoms with Crippen molar-refractivity contribution in [2.24, 2.45) is 17.6 Å². The fraction of sp³-hybridized carbons (Fsp3) is 0.700. The molecule has 1 aliphatic heterocycles. The second kappa shape index (κ2) is 7.67. The van der Waals surface area contributed by atoms with Gasteiger partial charge in [0.1, 0.15) is 5.75 Å². The van der Waals surface area contributed by atoms with Crippen molar-refractivity contribution in [1.29, 1.82) is 0 Å².